The molecule has 0 aliphatic heterocycles. The van der Waals surface area contributed by atoms with E-state index in [-0.39, 0.29) is 0 Å². The van der Waals surface area contributed by atoms with Gasteiger partial charge in [-0.15, -0.1) is 0 Å². The van der Waals surface area contributed by atoms with Gasteiger partial charge in [0.25, 0.3) is 0 Å². The smallest absolute Gasteiger partial charge is 0.221 e. The second kappa shape index (κ2) is 8.69. The number of ether oxygens (including phenoxy) is 2. The monoisotopic (exact) mass is 267 g/mol. The summed E-state index contributed by atoms with van der Waals surface area (Å²) in [6, 6.07) is 0. The molecule has 1 N–H and O–H groups in total. The highest BCUT2D eigenvalue weighted by molar-refractivity contribution is 5.48. The van der Waals surface area contributed by atoms with Crippen LogP contribution in [0.4, 0.5) is 5.82 Å². The highest BCUT2D eigenvalue weighted by atomic mass is 16.5. The Morgan fingerprint density at radius 2 is 1.89 bits per heavy atom. The molecule has 0 amide bonds. The predicted octanol–water partition coefficient (Wildman–Crippen LogP) is 2.58. The van der Waals surface area contributed by atoms with Crippen LogP contribution in [0.1, 0.15) is 38.1 Å². The molecule has 5 nitrogen and oxygen atoms in total. The van der Waals surface area contributed by atoms with E-state index in [4.69, 9.17) is 9.47 Å². The first kappa shape index (κ1) is 15.7. The van der Waals surface area contributed by atoms with Crippen molar-refractivity contribution >= 4 is 5.82 Å². The number of nitrogens with zero attached hydrogens (tertiary/aromatic N) is 2. The Morgan fingerprint density at radius 1 is 1.11 bits per heavy atom. The van der Waals surface area contributed by atoms with Crippen LogP contribution in [0.3, 0.4) is 0 Å². The van der Waals surface area contributed by atoms with Gasteiger partial charge in [0.05, 0.1) is 12.2 Å². The van der Waals surface area contributed by atoms with Gasteiger partial charge >= 0.3 is 0 Å². The normalized spacial score (nSPS) is 10.5. The average Bonchev–Trinajstić information content (AvgIpc) is 2.41. The summed E-state index contributed by atoms with van der Waals surface area (Å²) >= 11 is 0. The Morgan fingerprint density at radius 3 is 2.53 bits per heavy atom. The zero-order valence-corrected chi connectivity index (χ0v) is 12.5. The zero-order chi connectivity index (χ0) is 14.1. The van der Waals surface area contributed by atoms with Gasteiger partial charge in [-0.2, -0.15) is 4.98 Å². The first-order valence-corrected chi connectivity index (χ1v) is 6.96. The van der Waals surface area contributed by atoms with E-state index >= 15 is 0 Å². The van der Waals surface area contributed by atoms with E-state index in [1.54, 1.807) is 7.11 Å². The second-order valence-corrected chi connectivity index (χ2v) is 4.44. The number of aryl methyl sites for hydroxylation is 1. The van der Waals surface area contributed by atoms with Crippen LogP contribution in [0, 0.1) is 6.92 Å². The number of hydrogen-bond acceptors (Lipinski definition) is 5. The number of aromatic nitrogens is 2. The van der Waals surface area contributed by atoms with E-state index in [1.807, 2.05) is 6.92 Å². The SMILES string of the molecule is CCCNc1nc(CCC)nc(OCCOC)c1C. The van der Waals surface area contributed by atoms with Crippen molar-refractivity contribution in [3.63, 3.8) is 0 Å². The third-order valence-electron chi connectivity index (χ3n) is 2.69. The molecule has 0 spiro atoms. The molecule has 0 atom stereocenters. The van der Waals surface area contributed by atoms with Crippen molar-refractivity contribution in [2.24, 2.45) is 0 Å². The molecule has 0 saturated heterocycles. The fourth-order valence-electron chi connectivity index (χ4n) is 1.65. The summed E-state index contributed by atoms with van der Waals surface area (Å²) in [4.78, 5) is 9.03. The van der Waals surface area contributed by atoms with E-state index in [1.165, 1.54) is 0 Å². The van der Waals surface area contributed by atoms with Crippen LogP contribution in [0.5, 0.6) is 5.88 Å². The molecule has 108 valence electrons. The summed E-state index contributed by atoms with van der Waals surface area (Å²) in [5, 5.41) is 3.33. The lowest BCUT2D eigenvalue weighted by atomic mass is 10.2. The molecular weight excluding hydrogens is 242 g/mol. The third-order valence-corrected chi connectivity index (χ3v) is 2.69. The summed E-state index contributed by atoms with van der Waals surface area (Å²) in [6.07, 6.45) is 2.95. The minimum atomic E-state index is 0.507. The van der Waals surface area contributed by atoms with Crippen molar-refractivity contribution in [3.05, 3.63) is 11.4 Å². The largest absolute Gasteiger partial charge is 0.475 e. The Labute approximate surface area is 115 Å². The quantitative estimate of drug-likeness (QED) is 0.697. The van der Waals surface area contributed by atoms with Crippen LogP contribution >= 0.6 is 0 Å². The Bertz CT molecular complexity index is 383. The molecule has 0 aliphatic rings. The lowest BCUT2D eigenvalue weighted by molar-refractivity contribution is 0.143. The molecule has 19 heavy (non-hydrogen) atoms. The number of anilines is 1. The van der Waals surface area contributed by atoms with Crippen LogP contribution in [0.15, 0.2) is 0 Å². The van der Waals surface area contributed by atoms with Gasteiger partial charge in [0, 0.05) is 20.1 Å². The molecule has 1 heterocycles. The van der Waals surface area contributed by atoms with Crippen molar-refractivity contribution in [1.82, 2.24) is 9.97 Å². The van der Waals surface area contributed by atoms with Gasteiger partial charge in [0.2, 0.25) is 5.88 Å². The molecule has 0 aliphatic carbocycles. The van der Waals surface area contributed by atoms with Gasteiger partial charge in [-0.25, -0.2) is 4.98 Å². The van der Waals surface area contributed by atoms with Crippen LogP contribution < -0.4 is 10.1 Å². The van der Waals surface area contributed by atoms with Crippen molar-refractivity contribution < 1.29 is 9.47 Å². The highest BCUT2D eigenvalue weighted by Gasteiger charge is 2.11. The summed E-state index contributed by atoms with van der Waals surface area (Å²) in [5.74, 6) is 2.38. The van der Waals surface area contributed by atoms with Crippen LogP contribution in [0.25, 0.3) is 0 Å². The molecule has 1 aromatic rings. The first-order chi connectivity index (χ1) is 9.22. The maximum absolute atomic E-state index is 5.67. The van der Waals surface area contributed by atoms with E-state index < -0.39 is 0 Å². The van der Waals surface area contributed by atoms with Gasteiger partial charge in [-0.1, -0.05) is 13.8 Å². The molecule has 0 aromatic carbocycles. The van der Waals surface area contributed by atoms with Crippen molar-refractivity contribution in [2.45, 2.75) is 40.0 Å². The highest BCUT2D eigenvalue weighted by Crippen LogP contribution is 2.22. The first-order valence-electron chi connectivity index (χ1n) is 6.96. The van der Waals surface area contributed by atoms with E-state index in [2.05, 4.69) is 29.1 Å². The van der Waals surface area contributed by atoms with E-state index in [0.29, 0.717) is 19.1 Å². The van der Waals surface area contributed by atoms with Crippen LogP contribution in [-0.4, -0.2) is 36.8 Å². The fourth-order valence-corrected chi connectivity index (χ4v) is 1.65. The molecule has 0 saturated carbocycles. The summed E-state index contributed by atoms with van der Waals surface area (Å²) < 4.78 is 10.7. The molecule has 5 heteroatoms. The van der Waals surface area contributed by atoms with Gasteiger partial charge in [-0.3, -0.25) is 0 Å². The van der Waals surface area contributed by atoms with Gasteiger partial charge in [-0.05, 0) is 19.8 Å². The summed E-state index contributed by atoms with van der Waals surface area (Å²) in [7, 11) is 1.66. The summed E-state index contributed by atoms with van der Waals surface area (Å²) in [6.45, 7) is 8.20. The number of hydrogen-bond donors (Lipinski definition) is 1. The van der Waals surface area contributed by atoms with Gasteiger partial charge < -0.3 is 14.8 Å². The Hall–Kier alpha value is -1.36. The summed E-state index contributed by atoms with van der Waals surface area (Å²) in [5.41, 5.74) is 0.962. The minimum absolute atomic E-state index is 0.507. The third kappa shape index (κ3) is 5.03. The maximum atomic E-state index is 5.67. The average molecular weight is 267 g/mol. The molecule has 1 rings (SSSR count). The van der Waals surface area contributed by atoms with E-state index in [0.717, 1.165) is 43.0 Å². The molecule has 0 fully saturated rings. The molecular formula is C14H25N3O2. The minimum Gasteiger partial charge on any atom is -0.475 e. The maximum Gasteiger partial charge on any atom is 0.221 e. The van der Waals surface area contributed by atoms with Gasteiger partial charge in [0.1, 0.15) is 18.2 Å². The van der Waals surface area contributed by atoms with E-state index in [9.17, 15) is 0 Å². The fraction of sp³-hybridized carbons (Fsp3) is 0.714. The topological polar surface area (TPSA) is 56.3 Å². The zero-order valence-electron chi connectivity index (χ0n) is 12.5. The molecule has 0 unspecified atom stereocenters. The second-order valence-electron chi connectivity index (χ2n) is 4.44. The standard InChI is InChI=1S/C14H25N3O2/c1-5-7-12-16-13(15-8-6-2)11(3)14(17-12)19-10-9-18-4/h5-10H2,1-4H3,(H,15,16,17). The van der Waals surface area contributed by atoms with Crippen LogP contribution in [0.2, 0.25) is 0 Å². The lowest BCUT2D eigenvalue weighted by Gasteiger charge is -2.14. The number of methoxy groups -OCH3 is 1. The lowest BCUT2D eigenvalue weighted by Crippen LogP contribution is -2.12. The molecule has 0 radical (unpaired) electrons. The number of nitrogens with one attached hydrogen (secondary N) is 1. The Kier molecular flexibility index (Phi) is 7.18. The Balaban J connectivity index is 2.88. The van der Waals surface area contributed by atoms with Crippen molar-refractivity contribution in [2.75, 3.05) is 32.2 Å². The number of rotatable bonds is 9. The van der Waals surface area contributed by atoms with Gasteiger partial charge in [0.15, 0.2) is 0 Å². The van der Waals surface area contributed by atoms with Crippen LogP contribution in [-0.2, 0) is 11.2 Å². The molecule has 1 aromatic heterocycles. The molecule has 0 bridgehead atoms. The predicted molar refractivity (Wildman–Crippen MR) is 76.9 cm³/mol. The van der Waals surface area contributed by atoms with Crippen molar-refractivity contribution in [3.8, 4) is 5.88 Å². The van der Waals surface area contributed by atoms with Crippen molar-refractivity contribution in [1.29, 1.82) is 0 Å².